The molecule has 174 valence electrons. The van der Waals surface area contributed by atoms with Gasteiger partial charge >= 0.3 is 0 Å². The molecule has 0 saturated carbocycles. The zero-order chi connectivity index (χ0) is 23.2. The first kappa shape index (κ1) is 23.4. The molecule has 33 heavy (non-hydrogen) atoms. The second-order valence-corrected chi connectivity index (χ2v) is 9.72. The van der Waals surface area contributed by atoms with Gasteiger partial charge in [-0.05, 0) is 49.0 Å². The Morgan fingerprint density at radius 2 is 1.85 bits per heavy atom. The van der Waals surface area contributed by atoms with Gasteiger partial charge in [0, 0.05) is 13.1 Å². The molecule has 3 aromatic rings. The maximum Gasteiger partial charge on any atom is 0.247 e. The minimum atomic E-state index is -0.596. The predicted molar refractivity (Wildman–Crippen MR) is 134 cm³/mol. The molecule has 0 saturated heterocycles. The highest BCUT2D eigenvalue weighted by molar-refractivity contribution is 7.99. The Kier molecular flexibility index (Phi) is 7.70. The molecule has 0 bridgehead atoms. The Hall–Kier alpha value is -2.80. The van der Waals surface area contributed by atoms with Gasteiger partial charge in [0.2, 0.25) is 11.8 Å². The zero-order valence-corrected chi connectivity index (χ0v) is 20.2. The molecule has 6 nitrogen and oxygen atoms in total. The third kappa shape index (κ3) is 5.24. The van der Waals surface area contributed by atoms with Gasteiger partial charge in [0.25, 0.3) is 0 Å². The Morgan fingerprint density at radius 3 is 2.64 bits per heavy atom. The molecule has 1 N–H and O–H groups in total. The van der Waals surface area contributed by atoms with Gasteiger partial charge < -0.3 is 14.8 Å². The fourth-order valence-electron chi connectivity index (χ4n) is 4.39. The van der Waals surface area contributed by atoms with Crippen molar-refractivity contribution < 1.29 is 9.59 Å². The van der Waals surface area contributed by atoms with Gasteiger partial charge in [0.1, 0.15) is 11.9 Å². The number of carbonyl (C=O) groups excluding carboxylic acids is 2. The fourth-order valence-corrected chi connectivity index (χ4v) is 5.23. The summed E-state index contributed by atoms with van der Waals surface area (Å²) in [6.45, 7) is 5.32. The molecule has 0 radical (unpaired) electrons. The topological polar surface area (TPSA) is 67.2 Å². The summed E-state index contributed by atoms with van der Waals surface area (Å²) in [4.78, 5) is 33.3. The summed E-state index contributed by atoms with van der Waals surface area (Å²) < 4.78 is 1.99. The molecule has 2 aromatic carbocycles. The molecular formula is C26H32N4O2S. The van der Waals surface area contributed by atoms with E-state index in [1.807, 2.05) is 82.7 Å². The van der Waals surface area contributed by atoms with Crippen LogP contribution in [0.3, 0.4) is 0 Å². The average Bonchev–Trinajstić information content (AvgIpc) is 3.22. The fraction of sp³-hybridized carbons (Fsp3) is 0.423. The lowest BCUT2D eigenvalue weighted by atomic mass is 10.0. The van der Waals surface area contributed by atoms with E-state index in [0.717, 1.165) is 40.3 Å². The van der Waals surface area contributed by atoms with E-state index in [2.05, 4.69) is 12.2 Å². The number of hydrogen-bond donors (Lipinski definition) is 1. The first-order valence-corrected chi connectivity index (χ1v) is 12.9. The Morgan fingerprint density at radius 1 is 1.09 bits per heavy atom. The van der Waals surface area contributed by atoms with E-state index in [-0.39, 0.29) is 24.3 Å². The zero-order valence-electron chi connectivity index (χ0n) is 19.4. The van der Waals surface area contributed by atoms with E-state index in [1.54, 1.807) is 0 Å². The molecule has 1 aromatic heterocycles. The smallest absolute Gasteiger partial charge is 0.247 e. The maximum absolute atomic E-state index is 13.7. The number of carbonyl (C=O) groups is 2. The maximum atomic E-state index is 13.7. The van der Waals surface area contributed by atoms with Gasteiger partial charge in [-0.25, -0.2) is 4.98 Å². The normalized spacial score (nSPS) is 17.9. The minimum absolute atomic E-state index is 0.0318. The molecule has 4 rings (SSSR count). The van der Waals surface area contributed by atoms with Crippen LogP contribution < -0.4 is 5.32 Å². The van der Waals surface area contributed by atoms with Gasteiger partial charge in [-0.1, -0.05) is 49.4 Å². The van der Waals surface area contributed by atoms with Gasteiger partial charge in [0.05, 0.1) is 23.5 Å². The molecule has 2 heterocycles. The van der Waals surface area contributed by atoms with E-state index in [1.165, 1.54) is 6.42 Å². The first-order valence-electron chi connectivity index (χ1n) is 11.8. The van der Waals surface area contributed by atoms with Crippen molar-refractivity contribution in [2.75, 3.05) is 18.1 Å². The Labute approximate surface area is 199 Å². The third-order valence-corrected chi connectivity index (χ3v) is 7.33. The number of amides is 2. The highest BCUT2D eigenvalue weighted by atomic mass is 32.2. The highest BCUT2D eigenvalue weighted by Gasteiger charge is 2.40. The van der Waals surface area contributed by atoms with Crippen LogP contribution in [0.25, 0.3) is 11.0 Å². The second-order valence-electron chi connectivity index (χ2n) is 8.49. The number of aromatic nitrogens is 2. The van der Waals surface area contributed by atoms with Crippen LogP contribution in [0.15, 0.2) is 54.6 Å². The summed E-state index contributed by atoms with van der Waals surface area (Å²) in [5.41, 5.74) is 2.82. The molecular weight excluding hydrogens is 432 g/mol. The Bertz CT molecular complexity index is 1100. The van der Waals surface area contributed by atoms with Crippen LogP contribution in [0.2, 0.25) is 0 Å². The van der Waals surface area contributed by atoms with E-state index < -0.39 is 6.04 Å². The lowest BCUT2D eigenvalue weighted by Crippen LogP contribution is -2.46. The van der Waals surface area contributed by atoms with Crippen LogP contribution in [-0.4, -0.2) is 44.3 Å². The number of thioether (sulfide) groups is 1. The van der Waals surface area contributed by atoms with E-state index >= 15 is 0 Å². The summed E-state index contributed by atoms with van der Waals surface area (Å²) in [6.07, 6.45) is 2.22. The van der Waals surface area contributed by atoms with Crippen molar-refractivity contribution >= 4 is 34.6 Å². The second kappa shape index (κ2) is 10.9. The SMILES string of the molecule is CCCSCCCNC(=O)C[C@@H]1C(=O)N(Cc2ccccc2)[C@H](C)c2nc3ccccc3n21. The van der Waals surface area contributed by atoms with E-state index in [9.17, 15) is 9.59 Å². The van der Waals surface area contributed by atoms with Crippen LogP contribution in [0, 0.1) is 0 Å². The average molecular weight is 465 g/mol. The first-order chi connectivity index (χ1) is 16.1. The van der Waals surface area contributed by atoms with Crippen molar-refractivity contribution in [3.05, 3.63) is 66.0 Å². The molecule has 0 unspecified atom stereocenters. The lowest BCUT2D eigenvalue weighted by Gasteiger charge is -2.38. The number of hydrogen-bond acceptors (Lipinski definition) is 4. The van der Waals surface area contributed by atoms with Crippen LogP contribution in [0.4, 0.5) is 0 Å². The molecule has 2 amide bonds. The molecule has 0 aliphatic carbocycles. The molecule has 0 fully saturated rings. The van der Waals surface area contributed by atoms with Crippen LogP contribution >= 0.6 is 11.8 Å². The van der Waals surface area contributed by atoms with Gasteiger partial charge in [-0.3, -0.25) is 9.59 Å². The summed E-state index contributed by atoms with van der Waals surface area (Å²) in [5, 5.41) is 3.02. The van der Waals surface area contributed by atoms with Gasteiger partial charge in [0.15, 0.2) is 0 Å². The summed E-state index contributed by atoms with van der Waals surface area (Å²) >= 11 is 1.91. The molecule has 7 heteroatoms. The minimum Gasteiger partial charge on any atom is -0.356 e. The summed E-state index contributed by atoms with van der Waals surface area (Å²) in [6, 6.07) is 17.0. The van der Waals surface area contributed by atoms with Crippen molar-refractivity contribution in [3.63, 3.8) is 0 Å². The largest absolute Gasteiger partial charge is 0.356 e. The molecule has 2 atom stereocenters. The molecule has 1 aliphatic rings. The number of rotatable bonds is 10. The predicted octanol–water partition coefficient (Wildman–Crippen LogP) is 4.72. The summed E-state index contributed by atoms with van der Waals surface area (Å²) in [5.74, 6) is 2.90. The van der Waals surface area contributed by atoms with Gasteiger partial charge in [-0.2, -0.15) is 11.8 Å². The number of para-hydroxylation sites is 2. The van der Waals surface area contributed by atoms with Crippen molar-refractivity contribution in [2.24, 2.45) is 0 Å². The van der Waals surface area contributed by atoms with Crippen molar-refractivity contribution in [1.29, 1.82) is 0 Å². The van der Waals surface area contributed by atoms with Gasteiger partial charge in [-0.15, -0.1) is 0 Å². The molecule has 1 aliphatic heterocycles. The van der Waals surface area contributed by atoms with Crippen LogP contribution in [-0.2, 0) is 16.1 Å². The number of benzene rings is 2. The van der Waals surface area contributed by atoms with Crippen molar-refractivity contribution in [2.45, 2.75) is 51.7 Å². The number of fused-ring (bicyclic) bond motifs is 3. The number of nitrogens with one attached hydrogen (secondary N) is 1. The Balaban J connectivity index is 1.56. The van der Waals surface area contributed by atoms with Crippen LogP contribution in [0.1, 0.15) is 56.6 Å². The van der Waals surface area contributed by atoms with E-state index in [0.29, 0.717) is 13.1 Å². The quantitative estimate of drug-likeness (QED) is 0.441. The standard InChI is InChI=1S/C26H32N4O2S/c1-3-15-33-16-9-14-27-24(31)17-23-26(32)29(18-20-10-5-4-6-11-20)19(2)25-28-21-12-7-8-13-22(21)30(23)25/h4-8,10-13,19,23H,3,9,14-18H2,1-2H3,(H,27,31)/t19-,23-/m1/s1. The van der Waals surface area contributed by atoms with Crippen LogP contribution in [0.5, 0.6) is 0 Å². The third-order valence-electron chi connectivity index (χ3n) is 6.05. The highest BCUT2D eigenvalue weighted by Crippen LogP contribution is 2.37. The number of nitrogens with zero attached hydrogens (tertiary/aromatic N) is 3. The van der Waals surface area contributed by atoms with E-state index in [4.69, 9.17) is 4.98 Å². The van der Waals surface area contributed by atoms with Crippen molar-refractivity contribution in [1.82, 2.24) is 19.8 Å². The molecule has 0 spiro atoms. The monoisotopic (exact) mass is 464 g/mol. The van der Waals surface area contributed by atoms with Crippen molar-refractivity contribution in [3.8, 4) is 0 Å². The number of imidazole rings is 1. The summed E-state index contributed by atoms with van der Waals surface area (Å²) in [7, 11) is 0. The lowest BCUT2D eigenvalue weighted by molar-refractivity contribution is -0.142.